The van der Waals surface area contributed by atoms with Crippen molar-refractivity contribution in [3.8, 4) is 0 Å². The van der Waals surface area contributed by atoms with E-state index in [2.05, 4.69) is 25.1 Å². The average Bonchev–Trinajstić information content (AvgIpc) is 2.91. The second kappa shape index (κ2) is 4.22. The molecule has 0 bridgehead atoms. The van der Waals surface area contributed by atoms with Crippen LogP contribution < -0.4 is 4.90 Å². The molecule has 0 N–H and O–H groups in total. The van der Waals surface area contributed by atoms with Crippen molar-refractivity contribution in [3.63, 3.8) is 0 Å². The number of hydrogen-bond acceptors (Lipinski definition) is 5. The number of hydrogen-bond donors (Lipinski definition) is 0. The smallest absolute Gasteiger partial charge is 0.140 e. The zero-order valence-corrected chi connectivity index (χ0v) is 10.5. The molecule has 4 rings (SSSR count). The summed E-state index contributed by atoms with van der Waals surface area (Å²) in [5.41, 5.74) is 0.747. The van der Waals surface area contributed by atoms with Crippen LogP contribution in [0.2, 0.25) is 0 Å². The molecular formula is C13H11FN6. The van der Waals surface area contributed by atoms with Crippen LogP contribution in [0.15, 0.2) is 36.9 Å². The minimum Gasteiger partial charge on any atom is -0.351 e. The minimum absolute atomic E-state index is 0.239. The van der Waals surface area contributed by atoms with Gasteiger partial charge < -0.3 is 4.90 Å². The topological polar surface area (TPSA) is 59.7 Å². The Morgan fingerprint density at radius 1 is 1.10 bits per heavy atom. The number of anilines is 1. The third-order valence-electron chi connectivity index (χ3n) is 3.50. The molecule has 0 spiro atoms. The van der Waals surface area contributed by atoms with Crippen LogP contribution in [0.5, 0.6) is 0 Å². The van der Waals surface area contributed by atoms with Gasteiger partial charge in [-0.3, -0.25) is 0 Å². The van der Waals surface area contributed by atoms with Crippen molar-refractivity contribution in [2.75, 3.05) is 18.0 Å². The molecule has 1 aliphatic heterocycles. The molecule has 0 saturated carbocycles. The Morgan fingerprint density at radius 3 is 2.70 bits per heavy atom. The van der Waals surface area contributed by atoms with Crippen LogP contribution in [0.3, 0.4) is 0 Å². The molecule has 3 heterocycles. The van der Waals surface area contributed by atoms with Crippen molar-refractivity contribution in [3.05, 3.63) is 42.7 Å². The van der Waals surface area contributed by atoms with Gasteiger partial charge in [0.05, 0.1) is 17.9 Å². The molecular weight excluding hydrogens is 259 g/mol. The van der Waals surface area contributed by atoms with Gasteiger partial charge in [-0.05, 0) is 18.2 Å². The SMILES string of the molecule is Fc1ccc2ncnc(N3CC(n4nccn4)C3)c2c1. The molecule has 0 amide bonds. The molecule has 1 saturated heterocycles. The summed E-state index contributed by atoms with van der Waals surface area (Å²) in [5.74, 6) is 0.484. The lowest BCUT2D eigenvalue weighted by Crippen LogP contribution is -2.49. The van der Waals surface area contributed by atoms with Gasteiger partial charge in [-0.1, -0.05) is 0 Å². The van der Waals surface area contributed by atoms with Gasteiger partial charge in [0.2, 0.25) is 0 Å². The highest BCUT2D eigenvalue weighted by Crippen LogP contribution is 2.30. The number of halogens is 1. The first kappa shape index (κ1) is 11.3. The Hall–Kier alpha value is -2.57. The first-order valence-corrected chi connectivity index (χ1v) is 6.32. The van der Waals surface area contributed by atoms with Gasteiger partial charge in [0.1, 0.15) is 24.0 Å². The lowest BCUT2D eigenvalue weighted by atomic mass is 10.1. The van der Waals surface area contributed by atoms with Crippen LogP contribution in [0.4, 0.5) is 10.2 Å². The number of rotatable bonds is 2. The molecule has 3 aromatic rings. The largest absolute Gasteiger partial charge is 0.351 e. The normalized spacial score (nSPS) is 15.6. The maximum atomic E-state index is 13.4. The monoisotopic (exact) mass is 270 g/mol. The van der Waals surface area contributed by atoms with E-state index >= 15 is 0 Å². The zero-order valence-electron chi connectivity index (χ0n) is 10.5. The van der Waals surface area contributed by atoms with E-state index in [9.17, 15) is 4.39 Å². The second-order valence-corrected chi connectivity index (χ2v) is 4.77. The molecule has 0 radical (unpaired) electrons. The van der Waals surface area contributed by atoms with Crippen molar-refractivity contribution in [1.29, 1.82) is 0 Å². The number of aromatic nitrogens is 5. The Bertz CT molecular complexity index is 751. The van der Waals surface area contributed by atoms with E-state index in [4.69, 9.17) is 0 Å². The lowest BCUT2D eigenvalue weighted by molar-refractivity contribution is 0.331. The molecule has 1 aliphatic rings. The zero-order chi connectivity index (χ0) is 13.5. The van der Waals surface area contributed by atoms with Crippen molar-refractivity contribution in [2.24, 2.45) is 0 Å². The molecule has 20 heavy (non-hydrogen) atoms. The molecule has 6 nitrogen and oxygen atoms in total. The van der Waals surface area contributed by atoms with Crippen LogP contribution >= 0.6 is 0 Å². The predicted molar refractivity (Wildman–Crippen MR) is 70.8 cm³/mol. The first-order chi connectivity index (χ1) is 9.81. The Labute approximate surface area is 113 Å². The molecule has 1 fully saturated rings. The number of nitrogens with zero attached hydrogens (tertiary/aromatic N) is 6. The number of fused-ring (bicyclic) bond motifs is 1. The van der Waals surface area contributed by atoms with Gasteiger partial charge in [-0.2, -0.15) is 15.0 Å². The van der Waals surface area contributed by atoms with Crippen molar-refractivity contribution >= 4 is 16.7 Å². The van der Waals surface area contributed by atoms with Crippen molar-refractivity contribution in [2.45, 2.75) is 6.04 Å². The average molecular weight is 270 g/mol. The second-order valence-electron chi connectivity index (χ2n) is 4.77. The fourth-order valence-electron chi connectivity index (χ4n) is 2.46. The predicted octanol–water partition coefficient (Wildman–Crippen LogP) is 1.42. The van der Waals surface area contributed by atoms with Crippen molar-refractivity contribution < 1.29 is 4.39 Å². The van der Waals surface area contributed by atoms with Gasteiger partial charge in [-0.25, -0.2) is 14.4 Å². The third kappa shape index (κ3) is 1.70. The standard InChI is InChI=1S/C13H11FN6/c14-9-1-2-12-11(5-9)13(16-8-15-12)19-6-10(7-19)20-17-3-4-18-20/h1-5,8,10H,6-7H2. The molecule has 0 unspecified atom stereocenters. The highest BCUT2D eigenvalue weighted by Gasteiger charge is 2.31. The summed E-state index contributed by atoms with van der Waals surface area (Å²) in [6, 6.07) is 4.79. The van der Waals surface area contributed by atoms with Crippen molar-refractivity contribution in [1.82, 2.24) is 25.0 Å². The van der Waals surface area contributed by atoms with E-state index in [1.54, 1.807) is 23.3 Å². The van der Waals surface area contributed by atoms with Crippen LogP contribution in [0.25, 0.3) is 10.9 Å². The van der Waals surface area contributed by atoms with E-state index in [1.807, 2.05) is 0 Å². The van der Waals surface area contributed by atoms with E-state index in [-0.39, 0.29) is 11.9 Å². The Morgan fingerprint density at radius 2 is 1.90 bits per heavy atom. The summed E-state index contributed by atoms with van der Waals surface area (Å²) in [6.07, 6.45) is 4.84. The van der Waals surface area contributed by atoms with Gasteiger partial charge in [0, 0.05) is 18.5 Å². The van der Waals surface area contributed by atoms with E-state index < -0.39 is 0 Å². The third-order valence-corrected chi connectivity index (χ3v) is 3.50. The Balaban J connectivity index is 1.65. The highest BCUT2D eigenvalue weighted by atomic mass is 19.1. The van der Waals surface area contributed by atoms with E-state index in [0.717, 1.165) is 29.8 Å². The Kier molecular flexibility index (Phi) is 2.38. The quantitative estimate of drug-likeness (QED) is 0.705. The van der Waals surface area contributed by atoms with Gasteiger partial charge >= 0.3 is 0 Å². The first-order valence-electron chi connectivity index (χ1n) is 6.32. The molecule has 2 aromatic heterocycles. The summed E-state index contributed by atoms with van der Waals surface area (Å²) < 4.78 is 13.4. The summed E-state index contributed by atoms with van der Waals surface area (Å²) in [5, 5.41) is 8.99. The summed E-state index contributed by atoms with van der Waals surface area (Å²) in [4.78, 5) is 12.2. The van der Waals surface area contributed by atoms with Gasteiger partial charge in [-0.15, -0.1) is 0 Å². The van der Waals surface area contributed by atoms with Crippen LogP contribution in [0.1, 0.15) is 6.04 Å². The van der Waals surface area contributed by atoms with Gasteiger partial charge in [0.15, 0.2) is 0 Å². The van der Waals surface area contributed by atoms with Crippen LogP contribution in [-0.4, -0.2) is 38.1 Å². The lowest BCUT2D eigenvalue weighted by Gasteiger charge is -2.39. The highest BCUT2D eigenvalue weighted by molar-refractivity contribution is 5.89. The molecule has 0 aliphatic carbocycles. The van der Waals surface area contributed by atoms with E-state index in [1.165, 1.54) is 18.5 Å². The minimum atomic E-state index is -0.278. The fraction of sp³-hybridized carbons (Fsp3) is 0.231. The summed E-state index contributed by atoms with van der Waals surface area (Å²) in [7, 11) is 0. The van der Waals surface area contributed by atoms with Gasteiger partial charge in [0.25, 0.3) is 0 Å². The number of benzene rings is 1. The summed E-state index contributed by atoms with van der Waals surface area (Å²) >= 11 is 0. The molecule has 7 heteroatoms. The molecule has 1 aromatic carbocycles. The fourth-order valence-corrected chi connectivity index (χ4v) is 2.46. The summed E-state index contributed by atoms with van der Waals surface area (Å²) in [6.45, 7) is 1.52. The van der Waals surface area contributed by atoms with Crippen LogP contribution in [-0.2, 0) is 0 Å². The van der Waals surface area contributed by atoms with E-state index in [0.29, 0.717) is 0 Å². The maximum absolute atomic E-state index is 13.4. The van der Waals surface area contributed by atoms with Crippen LogP contribution in [0, 0.1) is 5.82 Å². The maximum Gasteiger partial charge on any atom is 0.140 e. The molecule has 0 atom stereocenters. The molecule has 100 valence electrons.